The van der Waals surface area contributed by atoms with Gasteiger partial charge in [0.05, 0.1) is 42.5 Å². The summed E-state index contributed by atoms with van der Waals surface area (Å²) in [5, 5.41) is 0.861. The van der Waals surface area contributed by atoms with E-state index in [4.69, 9.17) is 33.7 Å². The van der Waals surface area contributed by atoms with Crippen LogP contribution in [-0.2, 0) is 9.53 Å². The summed E-state index contributed by atoms with van der Waals surface area (Å²) in [6.45, 7) is 5.55. The van der Waals surface area contributed by atoms with Gasteiger partial charge in [-0.2, -0.15) is 0 Å². The molecular formula is C33H39Cl2N5O3. The van der Waals surface area contributed by atoms with E-state index < -0.39 is 0 Å². The van der Waals surface area contributed by atoms with Crippen molar-refractivity contribution in [3.8, 4) is 11.1 Å². The smallest absolute Gasteiger partial charge is 0.253 e. The second-order valence-electron chi connectivity index (χ2n) is 11.1. The van der Waals surface area contributed by atoms with E-state index in [-0.39, 0.29) is 31.1 Å². The SMILES string of the molecule is CN(C(=O)CN(CN)c1ccc(Cl)c(Cl)c1)C(CN1CCOCC1)c1ccc(-c2cccc(C(=O)N3CCCC3)c2)cc1. The quantitative estimate of drug-likeness (QED) is 0.315. The highest BCUT2D eigenvalue weighted by molar-refractivity contribution is 6.42. The topological polar surface area (TPSA) is 82.4 Å². The Morgan fingerprint density at radius 2 is 1.63 bits per heavy atom. The van der Waals surface area contributed by atoms with Crippen molar-refractivity contribution in [2.45, 2.75) is 18.9 Å². The van der Waals surface area contributed by atoms with Gasteiger partial charge in [0, 0.05) is 51.0 Å². The minimum atomic E-state index is -0.184. The second kappa shape index (κ2) is 14.6. The first-order valence-corrected chi connectivity index (χ1v) is 15.5. The van der Waals surface area contributed by atoms with Crippen LogP contribution >= 0.6 is 23.2 Å². The Balaban J connectivity index is 1.35. The number of carbonyl (C=O) groups is 2. The molecule has 3 aromatic rings. The average molecular weight is 625 g/mol. The molecule has 2 aliphatic rings. The van der Waals surface area contributed by atoms with Crippen LogP contribution in [-0.4, -0.2) is 92.7 Å². The fourth-order valence-electron chi connectivity index (χ4n) is 5.70. The van der Waals surface area contributed by atoms with Gasteiger partial charge in [-0.3, -0.25) is 14.5 Å². The minimum Gasteiger partial charge on any atom is -0.379 e. The standard InChI is InChI=1S/C33H39Cl2N5O3/c1-37(32(41)22-40(23-36)28-11-12-29(34)30(35)20-28)31(21-38-15-17-43-18-16-38)25-9-7-24(8-10-25)26-5-4-6-27(19-26)33(42)39-13-2-3-14-39/h4-12,19-20,31H,2-3,13-18,21-23,36H2,1H3. The van der Waals surface area contributed by atoms with Crippen LogP contribution in [0.15, 0.2) is 66.7 Å². The summed E-state index contributed by atoms with van der Waals surface area (Å²) in [6, 6.07) is 21.2. The van der Waals surface area contributed by atoms with Crippen molar-refractivity contribution >= 4 is 40.7 Å². The number of morpholine rings is 1. The first-order valence-electron chi connectivity index (χ1n) is 14.8. The first-order chi connectivity index (χ1) is 20.8. The first kappa shape index (κ1) is 31.3. The maximum Gasteiger partial charge on any atom is 0.253 e. The normalized spacial score (nSPS) is 16.2. The summed E-state index contributed by atoms with van der Waals surface area (Å²) in [5.41, 5.74) is 10.5. The lowest BCUT2D eigenvalue weighted by Crippen LogP contribution is -2.47. The van der Waals surface area contributed by atoms with E-state index in [1.54, 1.807) is 21.9 Å². The minimum absolute atomic E-state index is 0.0630. The predicted molar refractivity (Wildman–Crippen MR) is 173 cm³/mol. The number of anilines is 1. The molecule has 0 radical (unpaired) electrons. The average Bonchev–Trinajstić information content (AvgIpc) is 3.59. The van der Waals surface area contributed by atoms with Gasteiger partial charge >= 0.3 is 0 Å². The number of carbonyl (C=O) groups excluding carboxylic acids is 2. The Labute approximate surface area is 263 Å². The fourth-order valence-corrected chi connectivity index (χ4v) is 6.00. The van der Waals surface area contributed by atoms with Gasteiger partial charge in [-0.05, 0) is 59.9 Å². The molecule has 2 fully saturated rings. The molecule has 10 heteroatoms. The molecule has 2 aliphatic heterocycles. The van der Waals surface area contributed by atoms with Crippen molar-refractivity contribution < 1.29 is 14.3 Å². The highest BCUT2D eigenvalue weighted by Crippen LogP contribution is 2.29. The zero-order chi connectivity index (χ0) is 30.3. The number of hydrogen-bond donors (Lipinski definition) is 1. The third-order valence-electron chi connectivity index (χ3n) is 8.34. The van der Waals surface area contributed by atoms with Gasteiger partial charge in [-0.1, -0.05) is 59.6 Å². The molecule has 0 saturated carbocycles. The third-order valence-corrected chi connectivity index (χ3v) is 9.08. The Kier molecular flexibility index (Phi) is 10.6. The number of likely N-dealkylation sites (N-methyl/N-ethyl adjacent to an activating group) is 1. The number of hydrogen-bond acceptors (Lipinski definition) is 6. The molecule has 5 rings (SSSR count). The van der Waals surface area contributed by atoms with Crippen LogP contribution in [0, 0.1) is 0 Å². The van der Waals surface area contributed by atoms with E-state index in [0.29, 0.717) is 35.4 Å². The summed E-state index contributed by atoms with van der Waals surface area (Å²) in [6.07, 6.45) is 2.13. The van der Waals surface area contributed by atoms with Gasteiger partial charge in [-0.25, -0.2) is 0 Å². The van der Waals surface area contributed by atoms with Crippen molar-refractivity contribution in [3.63, 3.8) is 0 Å². The highest BCUT2D eigenvalue weighted by Gasteiger charge is 2.27. The molecule has 2 heterocycles. The Morgan fingerprint density at radius 3 is 2.30 bits per heavy atom. The third kappa shape index (κ3) is 7.69. The Hall–Kier alpha value is -3.14. The van der Waals surface area contributed by atoms with Crippen molar-refractivity contribution in [2.75, 3.05) is 71.1 Å². The van der Waals surface area contributed by atoms with E-state index in [0.717, 1.165) is 61.4 Å². The molecule has 0 aliphatic carbocycles. The number of nitrogens with zero attached hydrogens (tertiary/aromatic N) is 4. The lowest BCUT2D eigenvalue weighted by Gasteiger charge is -2.36. The van der Waals surface area contributed by atoms with Gasteiger partial charge in [0.25, 0.3) is 5.91 Å². The Morgan fingerprint density at radius 1 is 0.907 bits per heavy atom. The molecule has 43 heavy (non-hydrogen) atoms. The van der Waals surface area contributed by atoms with Crippen LogP contribution in [0.3, 0.4) is 0 Å². The molecule has 8 nitrogen and oxygen atoms in total. The van der Waals surface area contributed by atoms with Gasteiger partial charge in [0.1, 0.15) is 0 Å². The predicted octanol–water partition coefficient (Wildman–Crippen LogP) is 5.15. The number of halogens is 2. The maximum atomic E-state index is 13.7. The van der Waals surface area contributed by atoms with Gasteiger partial charge in [0.15, 0.2) is 0 Å². The summed E-state index contributed by atoms with van der Waals surface area (Å²) in [4.78, 5) is 34.5. The van der Waals surface area contributed by atoms with E-state index >= 15 is 0 Å². The number of amides is 2. The molecule has 1 atom stereocenters. The molecule has 228 valence electrons. The molecule has 3 aromatic carbocycles. The molecule has 0 aromatic heterocycles. The van der Waals surface area contributed by atoms with Crippen molar-refractivity contribution in [1.29, 1.82) is 0 Å². The zero-order valence-electron chi connectivity index (χ0n) is 24.6. The molecule has 1 unspecified atom stereocenters. The largest absolute Gasteiger partial charge is 0.379 e. The van der Waals surface area contributed by atoms with Crippen LogP contribution in [0.5, 0.6) is 0 Å². The number of benzene rings is 3. The lowest BCUT2D eigenvalue weighted by molar-refractivity contribution is -0.131. The molecule has 2 N–H and O–H groups in total. The number of ether oxygens (including phenoxy) is 1. The van der Waals surface area contributed by atoms with Crippen LogP contribution in [0.25, 0.3) is 11.1 Å². The summed E-state index contributed by atoms with van der Waals surface area (Å²) in [7, 11) is 1.85. The van der Waals surface area contributed by atoms with Crippen molar-refractivity contribution in [3.05, 3.63) is 87.9 Å². The van der Waals surface area contributed by atoms with E-state index in [2.05, 4.69) is 29.2 Å². The number of nitrogens with two attached hydrogens (primary N) is 1. The number of likely N-dealkylation sites (tertiary alicyclic amines) is 1. The van der Waals surface area contributed by atoms with E-state index in [1.807, 2.05) is 42.3 Å². The van der Waals surface area contributed by atoms with Gasteiger partial charge in [0.2, 0.25) is 5.91 Å². The fraction of sp³-hybridized carbons (Fsp3) is 0.394. The molecule has 0 spiro atoms. The van der Waals surface area contributed by atoms with Crippen LogP contribution in [0.2, 0.25) is 10.0 Å². The zero-order valence-corrected chi connectivity index (χ0v) is 26.1. The van der Waals surface area contributed by atoms with Gasteiger partial charge in [-0.15, -0.1) is 0 Å². The number of rotatable bonds is 10. The maximum absolute atomic E-state index is 13.7. The van der Waals surface area contributed by atoms with Crippen LogP contribution in [0.4, 0.5) is 5.69 Å². The molecule has 2 amide bonds. The van der Waals surface area contributed by atoms with E-state index in [1.165, 1.54) is 0 Å². The summed E-state index contributed by atoms with van der Waals surface area (Å²) < 4.78 is 5.56. The van der Waals surface area contributed by atoms with Gasteiger partial charge < -0.3 is 25.2 Å². The summed E-state index contributed by atoms with van der Waals surface area (Å²) in [5.74, 6) is 0.0288. The highest BCUT2D eigenvalue weighted by atomic mass is 35.5. The van der Waals surface area contributed by atoms with E-state index in [9.17, 15) is 9.59 Å². The Bertz CT molecular complexity index is 1410. The molecule has 2 saturated heterocycles. The van der Waals surface area contributed by atoms with Crippen molar-refractivity contribution in [2.24, 2.45) is 5.73 Å². The van der Waals surface area contributed by atoms with Crippen LogP contribution < -0.4 is 10.6 Å². The molecular weight excluding hydrogens is 585 g/mol. The van der Waals surface area contributed by atoms with Crippen LogP contribution in [0.1, 0.15) is 34.8 Å². The molecule has 0 bridgehead atoms. The second-order valence-corrected chi connectivity index (χ2v) is 11.9. The monoisotopic (exact) mass is 623 g/mol. The lowest BCUT2D eigenvalue weighted by atomic mass is 9.98. The van der Waals surface area contributed by atoms with Crippen molar-refractivity contribution in [1.82, 2.24) is 14.7 Å². The summed E-state index contributed by atoms with van der Waals surface area (Å²) >= 11 is 12.3.